The van der Waals surface area contributed by atoms with Gasteiger partial charge in [-0.2, -0.15) is 0 Å². The Balaban J connectivity index is 2.13. The number of allylic oxidation sites excluding steroid dienone is 4. The van der Waals surface area contributed by atoms with Gasteiger partial charge in [0.05, 0.1) is 24.5 Å². The molecule has 9 atom stereocenters. The number of aliphatic hydroxyl groups excluding tert-OH is 2. The summed E-state index contributed by atoms with van der Waals surface area (Å²) in [6.07, 6.45) is 10.5. The van der Waals surface area contributed by atoms with E-state index < -0.39 is 18.2 Å². The van der Waals surface area contributed by atoms with E-state index in [0.717, 1.165) is 25.7 Å². The van der Waals surface area contributed by atoms with Gasteiger partial charge in [0.1, 0.15) is 6.10 Å². The number of carboxylic acid groups (broad SMARTS) is 1. The predicted molar refractivity (Wildman–Crippen MR) is 124 cm³/mol. The largest absolute Gasteiger partial charge is 0.481 e. The SMILES string of the molecule is CC=C[C@@H]1C[C@H](OC(=O)[C@@H](C)CC)[C@@H]2[C@@H](CC[C@@H](O)C[C@@H](O)CC(=O)O)[C@@H](C)C=C[C@H]2C1. The summed E-state index contributed by atoms with van der Waals surface area (Å²) in [6.45, 7) is 8.10. The maximum Gasteiger partial charge on any atom is 0.308 e. The standard InChI is InChI=1S/C26H42O6/c1-5-7-18-12-19-9-8-17(4)22(11-10-20(27)14-21(28)15-24(29)30)25(19)23(13-18)32-26(31)16(3)6-2/h5,7-9,16-23,25,27-28H,6,10-15H2,1-4H3,(H,29,30)/t16-,17-,18-,19-,20+,21+,22-,23-,25-/m0/s1. The highest BCUT2D eigenvalue weighted by atomic mass is 16.5. The Morgan fingerprint density at radius 1 is 1.19 bits per heavy atom. The van der Waals surface area contributed by atoms with Crippen LogP contribution in [0.25, 0.3) is 0 Å². The van der Waals surface area contributed by atoms with Crippen molar-refractivity contribution < 1.29 is 29.6 Å². The first kappa shape index (κ1) is 26.6. The summed E-state index contributed by atoms with van der Waals surface area (Å²) in [5.41, 5.74) is 0. The van der Waals surface area contributed by atoms with Gasteiger partial charge in [-0.15, -0.1) is 0 Å². The summed E-state index contributed by atoms with van der Waals surface area (Å²) in [5.74, 6) is 0.163. The second kappa shape index (κ2) is 12.5. The number of aliphatic hydroxyl groups is 2. The summed E-state index contributed by atoms with van der Waals surface area (Å²) in [4.78, 5) is 23.4. The minimum atomic E-state index is -1.07. The van der Waals surface area contributed by atoms with Crippen LogP contribution >= 0.6 is 0 Å². The average Bonchev–Trinajstić information content (AvgIpc) is 2.72. The molecule has 0 aromatic heterocycles. The van der Waals surface area contributed by atoms with Crippen molar-refractivity contribution in [2.75, 3.05) is 0 Å². The third kappa shape index (κ3) is 7.45. The fourth-order valence-electron chi connectivity index (χ4n) is 5.49. The number of aliphatic carboxylic acids is 1. The Kier molecular flexibility index (Phi) is 10.4. The van der Waals surface area contributed by atoms with Crippen LogP contribution in [0.4, 0.5) is 0 Å². The molecule has 0 amide bonds. The van der Waals surface area contributed by atoms with Crippen LogP contribution < -0.4 is 0 Å². The zero-order chi connectivity index (χ0) is 23.8. The Bertz CT molecular complexity index is 671. The van der Waals surface area contributed by atoms with Gasteiger partial charge in [0.2, 0.25) is 0 Å². The fraction of sp³-hybridized carbons (Fsp3) is 0.769. The molecule has 2 aliphatic carbocycles. The van der Waals surface area contributed by atoms with E-state index in [4.69, 9.17) is 9.84 Å². The molecule has 2 rings (SSSR count). The normalized spacial score (nSPS) is 32.8. The van der Waals surface area contributed by atoms with Crippen LogP contribution in [0.1, 0.15) is 72.6 Å². The summed E-state index contributed by atoms with van der Waals surface area (Å²) in [6, 6.07) is 0. The van der Waals surface area contributed by atoms with Crippen LogP contribution in [-0.4, -0.2) is 45.6 Å². The number of fused-ring (bicyclic) bond motifs is 1. The molecule has 0 radical (unpaired) electrons. The second-order valence-corrected chi connectivity index (χ2v) is 9.91. The lowest BCUT2D eigenvalue weighted by Crippen LogP contribution is -2.46. The number of ether oxygens (including phenoxy) is 1. The van der Waals surface area contributed by atoms with E-state index >= 15 is 0 Å². The zero-order valence-electron chi connectivity index (χ0n) is 20.0. The molecule has 6 nitrogen and oxygen atoms in total. The topological polar surface area (TPSA) is 104 Å². The number of hydrogen-bond donors (Lipinski definition) is 3. The van der Waals surface area contributed by atoms with Crippen molar-refractivity contribution in [3.63, 3.8) is 0 Å². The van der Waals surface area contributed by atoms with Crippen molar-refractivity contribution in [3.8, 4) is 0 Å². The lowest BCUT2D eigenvalue weighted by atomic mass is 9.60. The highest BCUT2D eigenvalue weighted by Gasteiger charge is 2.45. The fourth-order valence-corrected chi connectivity index (χ4v) is 5.49. The molecule has 0 aromatic carbocycles. The molecule has 0 unspecified atom stereocenters. The number of carbonyl (C=O) groups is 2. The first-order chi connectivity index (χ1) is 15.2. The van der Waals surface area contributed by atoms with Crippen molar-refractivity contribution in [1.29, 1.82) is 0 Å². The smallest absolute Gasteiger partial charge is 0.308 e. The molecule has 2 aliphatic rings. The first-order valence-corrected chi connectivity index (χ1v) is 12.3. The van der Waals surface area contributed by atoms with Gasteiger partial charge in [0.25, 0.3) is 0 Å². The molecule has 0 spiro atoms. The molecule has 0 aliphatic heterocycles. The van der Waals surface area contributed by atoms with E-state index in [9.17, 15) is 19.8 Å². The van der Waals surface area contributed by atoms with Crippen LogP contribution in [0.5, 0.6) is 0 Å². The quantitative estimate of drug-likeness (QED) is 0.319. The summed E-state index contributed by atoms with van der Waals surface area (Å²) < 4.78 is 6.11. The predicted octanol–water partition coefficient (Wildman–Crippen LogP) is 4.35. The monoisotopic (exact) mass is 450 g/mol. The van der Waals surface area contributed by atoms with Gasteiger partial charge < -0.3 is 20.1 Å². The van der Waals surface area contributed by atoms with Crippen molar-refractivity contribution >= 4 is 11.9 Å². The Hall–Kier alpha value is -1.66. The molecule has 32 heavy (non-hydrogen) atoms. The lowest BCUT2D eigenvalue weighted by molar-refractivity contribution is -0.163. The van der Waals surface area contributed by atoms with Gasteiger partial charge in [-0.25, -0.2) is 0 Å². The molecule has 6 heteroatoms. The molecule has 3 N–H and O–H groups in total. The zero-order valence-corrected chi connectivity index (χ0v) is 20.0. The second-order valence-electron chi connectivity index (χ2n) is 9.91. The maximum atomic E-state index is 12.7. The maximum absolute atomic E-state index is 12.7. The number of carboxylic acids is 1. The molecular weight excluding hydrogens is 408 g/mol. The molecule has 1 fully saturated rings. The van der Waals surface area contributed by atoms with E-state index in [1.807, 2.05) is 20.8 Å². The molecule has 0 aromatic rings. The third-order valence-corrected chi connectivity index (χ3v) is 7.40. The number of carbonyl (C=O) groups excluding carboxylic acids is 1. The van der Waals surface area contributed by atoms with Crippen molar-refractivity contribution in [3.05, 3.63) is 24.3 Å². The molecule has 182 valence electrons. The third-order valence-electron chi connectivity index (χ3n) is 7.40. The minimum absolute atomic E-state index is 0.0626. The van der Waals surface area contributed by atoms with Crippen molar-refractivity contribution in [2.24, 2.45) is 35.5 Å². The van der Waals surface area contributed by atoms with Gasteiger partial charge in [-0.1, -0.05) is 45.1 Å². The van der Waals surface area contributed by atoms with Gasteiger partial charge in [0.15, 0.2) is 0 Å². The van der Waals surface area contributed by atoms with Crippen LogP contribution in [0, 0.1) is 35.5 Å². The van der Waals surface area contributed by atoms with Crippen LogP contribution in [0.15, 0.2) is 24.3 Å². The summed E-state index contributed by atoms with van der Waals surface area (Å²) >= 11 is 0. The first-order valence-electron chi connectivity index (χ1n) is 12.3. The molecule has 0 heterocycles. The van der Waals surface area contributed by atoms with Crippen molar-refractivity contribution in [1.82, 2.24) is 0 Å². The Morgan fingerprint density at radius 2 is 1.91 bits per heavy atom. The molecule has 1 saturated carbocycles. The van der Waals surface area contributed by atoms with Crippen molar-refractivity contribution in [2.45, 2.75) is 91.0 Å². The summed E-state index contributed by atoms with van der Waals surface area (Å²) in [5, 5.41) is 29.1. The Morgan fingerprint density at radius 3 is 2.53 bits per heavy atom. The van der Waals surface area contributed by atoms with E-state index in [1.54, 1.807) is 0 Å². The van der Waals surface area contributed by atoms with E-state index in [2.05, 4.69) is 31.2 Å². The molecular formula is C26H42O6. The minimum Gasteiger partial charge on any atom is -0.481 e. The van der Waals surface area contributed by atoms with E-state index in [1.165, 1.54) is 0 Å². The molecule has 0 bridgehead atoms. The number of rotatable bonds is 11. The number of esters is 1. The van der Waals surface area contributed by atoms with E-state index in [-0.39, 0.29) is 42.7 Å². The average molecular weight is 451 g/mol. The van der Waals surface area contributed by atoms with Gasteiger partial charge in [-0.3, -0.25) is 9.59 Å². The number of hydrogen-bond acceptors (Lipinski definition) is 5. The summed E-state index contributed by atoms with van der Waals surface area (Å²) in [7, 11) is 0. The Labute approximate surface area is 192 Å². The van der Waals surface area contributed by atoms with Crippen LogP contribution in [0.2, 0.25) is 0 Å². The van der Waals surface area contributed by atoms with Gasteiger partial charge in [0, 0.05) is 5.92 Å². The van der Waals surface area contributed by atoms with Crippen LogP contribution in [-0.2, 0) is 14.3 Å². The highest BCUT2D eigenvalue weighted by Crippen LogP contribution is 2.48. The van der Waals surface area contributed by atoms with E-state index in [0.29, 0.717) is 24.2 Å². The lowest BCUT2D eigenvalue weighted by Gasteiger charge is -2.47. The van der Waals surface area contributed by atoms with Crippen LogP contribution in [0.3, 0.4) is 0 Å². The van der Waals surface area contributed by atoms with Gasteiger partial charge in [-0.05, 0) is 69.1 Å². The molecule has 0 saturated heterocycles. The highest BCUT2D eigenvalue weighted by molar-refractivity contribution is 5.72. The van der Waals surface area contributed by atoms with Gasteiger partial charge >= 0.3 is 11.9 Å².